The summed E-state index contributed by atoms with van der Waals surface area (Å²) in [6.07, 6.45) is 1.73. The number of carbonyl (C=O) groups excluding carboxylic acids is 1. The fraction of sp³-hybridized carbons (Fsp3) is 0.318. The Balaban J connectivity index is 1.50. The van der Waals surface area contributed by atoms with Crippen LogP contribution in [0.3, 0.4) is 0 Å². The van der Waals surface area contributed by atoms with Crippen molar-refractivity contribution in [2.75, 3.05) is 20.2 Å². The lowest BCUT2D eigenvalue weighted by molar-refractivity contribution is 0.0810. The number of Topliss-reactive ketones (excluding diaryl/α,β-unsaturated/α-hetero) is 1. The van der Waals surface area contributed by atoms with E-state index in [0.29, 0.717) is 24.3 Å². The van der Waals surface area contributed by atoms with Crippen molar-refractivity contribution in [2.24, 2.45) is 5.92 Å². The molecule has 0 unspecified atom stereocenters. The number of ketones is 1. The Bertz CT molecular complexity index is 1140. The summed E-state index contributed by atoms with van der Waals surface area (Å²) in [7, 11) is 1.63. The van der Waals surface area contributed by atoms with Gasteiger partial charge in [0.25, 0.3) is 5.56 Å². The number of likely N-dealkylation sites (tertiary alicyclic amines) is 1. The number of nitrogens with zero attached hydrogens (tertiary/aromatic N) is 1. The number of hydrogen-bond donors (Lipinski definition) is 2. The van der Waals surface area contributed by atoms with Crippen molar-refractivity contribution in [1.29, 1.82) is 0 Å². The Morgan fingerprint density at radius 2 is 1.90 bits per heavy atom. The molecule has 1 aliphatic heterocycles. The molecular formula is C22H23N3O4. The number of piperidine rings is 1. The Hall–Kier alpha value is -3.19. The molecule has 1 saturated heterocycles. The number of methoxy groups -OCH3 is 1. The monoisotopic (exact) mass is 393 g/mol. The summed E-state index contributed by atoms with van der Waals surface area (Å²) < 4.78 is 5.25. The molecule has 0 radical (unpaired) electrons. The molecule has 1 atom stereocenters. The number of aromatic amines is 2. The Labute approximate surface area is 167 Å². The number of H-pyrrole nitrogens is 2. The van der Waals surface area contributed by atoms with E-state index in [1.807, 2.05) is 36.4 Å². The lowest BCUT2D eigenvalue weighted by Gasteiger charge is -2.31. The van der Waals surface area contributed by atoms with Gasteiger partial charge in [-0.3, -0.25) is 19.5 Å². The normalized spacial score (nSPS) is 17.3. The van der Waals surface area contributed by atoms with Crippen LogP contribution in [-0.2, 0) is 6.54 Å². The van der Waals surface area contributed by atoms with E-state index in [1.165, 1.54) is 6.07 Å². The van der Waals surface area contributed by atoms with Crippen molar-refractivity contribution in [3.63, 3.8) is 0 Å². The van der Waals surface area contributed by atoms with E-state index in [9.17, 15) is 14.4 Å². The molecule has 29 heavy (non-hydrogen) atoms. The molecule has 0 bridgehead atoms. The van der Waals surface area contributed by atoms with Crippen LogP contribution in [0.25, 0.3) is 10.8 Å². The topological polar surface area (TPSA) is 95.3 Å². The largest absolute Gasteiger partial charge is 0.497 e. The molecule has 0 aliphatic carbocycles. The van der Waals surface area contributed by atoms with Crippen LogP contribution >= 0.6 is 0 Å². The van der Waals surface area contributed by atoms with Crippen LogP contribution in [0.4, 0.5) is 0 Å². The molecule has 4 rings (SSSR count). The van der Waals surface area contributed by atoms with Crippen LogP contribution in [0, 0.1) is 5.92 Å². The molecule has 7 nitrogen and oxygen atoms in total. The van der Waals surface area contributed by atoms with Crippen molar-refractivity contribution in [3.05, 3.63) is 74.6 Å². The number of aromatic nitrogens is 2. The van der Waals surface area contributed by atoms with E-state index >= 15 is 0 Å². The van der Waals surface area contributed by atoms with Crippen LogP contribution in [0.5, 0.6) is 5.75 Å². The summed E-state index contributed by atoms with van der Waals surface area (Å²) in [5.41, 5.74) is 0.344. The summed E-state index contributed by atoms with van der Waals surface area (Å²) in [5.74, 6) is 0.817. The maximum atomic E-state index is 13.1. The molecule has 2 N–H and O–H groups in total. The first kappa shape index (κ1) is 19.1. The smallest absolute Gasteiger partial charge is 0.325 e. The molecule has 1 fully saturated rings. The maximum Gasteiger partial charge on any atom is 0.325 e. The standard InChI is InChI=1S/C22H23N3O4/c1-29-19-7-6-14-9-16(5-4-15(14)10-19)21(27)17-3-2-8-25(12-17)13-18-11-20(26)24-22(28)23-18/h4-7,9-11,17H,2-3,8,12-13H2,1H3,(H2,23,24,26,28)/t17-/m1/s1. The van der Waals surface area contributed by atoms with Gasteiger partial charge in [-0.25, -0.2) is 4.79 Å². The fourth-order valence-corrected chi connectivity index (χ4v) is 4.00. The second-order valence-corrected chi connectivity index (χ2v) is 7.48. The van der Waals surface area contributed by atoms with Crippen LogP contribution in [-0.4, -0.2) is 40.9 Å². The number of rotatable bonds is 5. The molecule has 0 saturated carbocycles. The maximum absolute atomic E-state index is 13.1. The molecule has 150 valence electrons. The highest BCUT2D eigenvalue weighted by molar-refractivity contribution is 6.01. The minimum absolute atomic E-state index is 0.104. The Morgan fingerprint density at radius 1 is 1.10 bits per heavy atom. The summed E-state index contributed by atoms with van der Waals surface area (Å²) in [5, 5.41) is 2.04. The third kappa shape index (κ3) is 4.30. The third-order valence-corrected chi connectivity index (χ3v) is 5.42. The summed E-state index contributed by atoms with van der Waals surface area (Å²) in [6.45, 7) is 1.88. The van der Waals surface area contributed by atoms with Crippen molar-refractivity contribution in [2.45, 2.75) is 19.4 Å². The molecule has 1 aliphatic rings. The third-order valence-electron chi connectivity index (χ3n) is 5.42. The number of fused-ring (bicyclic) bond motifs is 1. The predicted octanol–water partition coefficient (Wildman–Crippen LogP) is 2.32. The highest BCUT2D eigenvalue weighted by Crippen LogP contribution is 2.26. The van der Waals surface area contributed by atoms with Gasteiger partial charge in [0.2, 0.25) is 0 Å². The van der Waals surface area contributed by atoms with E-state index in [0.717, 1.165) is 35.9 Å². The van der Waals surface area contributed by atoms with Gasteiger partial charge in [0.05, 0.1) is 7.11 Å². The average Bonchev–Trinajstić information content (AvgIpc) is 2.72. The van der Waals surface area contributed by atoms with Crippen molar-refractivity contribution >= 4 is 16.6 Å². The van der Waals surface area contributed by atoms with Gasteiger partial charge in [0, 0.05) is 36.3 Å². The molecule has 2 heterocycles. The number of carbonyl (C=O) groups is 1. The summed E-state index contributed by atoms with van der Waals surface area (Å²) >= 11 is 0. The van der Waals surface area contributed by atoms with Gasteiger partial charge in [-0.2, -0.15) is 0 Å². The van der Waals surface area contributed by atoms with Gasteiger partial charge in [-0.15, -0.1) is 0 Å². The zero-order valence-electron chi connectivity index (χ0n) is 16.2. The number of benzene rings is 2. The van der Waals surface area contributed by atoms with Crippen molar-refractivity contribution < 1.29 is 9.53 Å². The van der Waals surface area contributed by atoms with E-state index in [1.54, 1.807) is 7.11 Å². The first-order valence-electron chi connectivity index (χ1n) is 9.69. The highest BCUT2D eigenvalue weighted by atomic mass is 16.5. The van der Waals surface area contributed by atoms with E-state index in [-0.39, 0.29) is 11.7 Å². The molecule has 1 aromatic heterocycles. The van der Waals surface area contributed by atoms with Crippen molar-refractivity contribution in [3.8, 4) is 5.75 Å². The molecule has 7 heteroatoms. The molecular weight excluding hydrogens is 370 g/mol. The number of hydrogen-bond acceptors (Lipinski definition) is 5. The van der Waals surface area contributed by atoms with Gasteiger partial charge in [0.15, 0.2) is 5.78 Å². The van der Waals surface area contributed by atoms with Gasteiger partial charge < -0.3 is 9.72 Å². The Kier molecular flexibility index (Phi) is 5.31. The van der Waals surface area contributed by atoms with E-state index in [2.05, 4.69) is 14.9 Å². The van der Waals surface area contributed by atoms with Gasteiger partial charge in [-0.1, -0.05) is 18.2 Å². The molecule has 0 spiro atoms. The van der Waals surface area contributed by atoms with Crippen molar-refractivity contribution in [1.82, 2.24) is 14.9 Å². The van der Waals surface area contributed by atoms with Crippen LogP contribution in [0.15, 0.2) is 52.1 Å². The first-order chi connectivity index (χ1) is 14.0. The minimum atomic E-state index is -0.509. The second-order valence-electron chi connectivity index (χ2n) is 7.48. The predicted molar refractivity (Wildman–Crippen MR) is 111 cm³/mol. The fourth-order valence-electron chi connectivity index (χ4n) is 4.00. The minimum Gasteiger partial charge on any atom is -0.497 e. The van der Waals surface area contributed by atoms with E-state index in [4.69, 9.17) is 4.74 Å². The molecule has 2 aromatic carbocycles. The first-order valence-corrected chi connectivity index (χ1v) is 9.69. The van der Waals surface area contributed by atoms with Crippen LogP contribution in [0.2, 0.25) is 0 Å². The van der Waals surface area contributed by atoms with Gasteiger partial charge in [0.1, 0.15) is 5.75 Å². The zero-order chi connectivity index (χ0) is 20.4. The molecule has 0 amide bonds. The number of ether oxygens (including phenoxy) is 1. The lowest BCUT2D eigenvalue weighted by atomic mass is 9.89. The average molecular weight is 393 g/mol. The SMILES string of the molecule is COc1ccc2cc(C(=O)[C@@H]3CCCN(Cc4cc(=O)[nH]c(=O)[nH]4)C3)ccc2c1. The lowest BCUT2D eigenvalue weighted by Crippen LogP contribution is -2.39. The Morgan fingerprint density at radius 3 is 2.69 bits per heavy atom. The van der Waals surface area contributed by atoms with Crippen LogP contribution in [0.1, 0.15) is 28.9 Å². The van der Waals surface area contributed by atoms with Gasteiger partial charge >= 0.3 is 5.69 Å². The zero-order valence-corrected chi connectivity index (χ0v) is 16.2. The summed E-state index contributed by atoms with van der Waals surface area (Å²) in [4.78, 5) is 43.0. The van der Waals surface area contributed by atoms with Crippen LogP contribution < -0.4 is 16.0 Å². The molecule has 3 aromatic rings. The quantitative estimate of drug-likeness (QED) is 0.649. The van der Waals surface area contributed by atoms with Gasteiger partial charge in [-0.05, 0) is 48.4 Å². The highest BCUT2D eigenvalue weighted by Gasteiger charge is 2.27. The van der Waals surface area contributed by atoms with E-state index < -0.39 is 11.2 Å². The second kappa shape index (κ2) is 8.05. The number of nitrogens with one attached hydrogen (secondary N) is 2. The summed E-state index contributed by atoms with van der Waals surface area (Å²) in [6, 6.07) is 13.0.